The van der Waals surface area contributed by atoms with Gasteiger partial charge in [0.2, 0.25) is 0 Å². The van der Waals surface area contributed by atoms with Crippen LogP contribution in [0.2, 0.25) is 0 Å². The fourth-order valence-electron chi connectivity index (χ4n) is 2.82. The molecule has 0 aliphatic rings. The fraction of sp³-hybridized carbons (Fsp3) is 0.0800. The third-order valence-corrected chi connectivity index (χ3v) is 4.30. The van der Waals surface area contributed by atoms with Crippen LogP contribution in [0.4, 0.5) is 0 Å². The number of ether oxygens (including phenoxy) is 1. The summed E-state index contributed by atoms with van der Waals surface area (Å²) in [5, 5.41) is 5.47. The van der Waals surface area contributed by atoms with E-state index < -0.39 is 17.8 Å². The second kappa shape index (κ2) is 10.5. The molecule has 31 heavy (non-hydrogen) atoms. The summed E-state index contributed by atoms with van der Waals surface area (Å²) < 4.78 is 5.22. The van der Waals surface area contributed by atoms with Gasteiger partial charge >= 0.3 is 5.97 Å². The highest BCUT2D eigenvalue weighted by molar-refractivity contribution is 6.05. The smallest absolute Gasteiger partial charge is 0.308 e. The van der Waals surface area contributed by atoms with E-state index in [1.165, 1.54) is 13.0 Å². The van der Waals surface area contributed by atoms with Crippen molar-refractivity contribution < 1.29 is 19.1 Å². The average molecular weight is 414 g/mol. The maximum absolute atomic E-state index is 12.9. The van der Waals surface area contributed by atoms with Crippen molar-refractivity contribution in [2.75, 3.05) is 0 Å². The molecule has 0 fully saturated rings. The molecule has 0 aliphatic carbocycles. The Balaban J connectivity index is 1.88. The molecule has 6 nitrogen and oxygen atoms in total. The second-order valence-corrected chi connectivity index (χ2v) is 6.68. The van der Waals surface area contributed by atoms with Crippen LogP contribution in [0, 0.1) is 0 Å². The van der Waals surface area contributed by atoms with Gasteiger partial charge in [-0.1, -0.05) is 66.7 Å². The lowest BCUT2D eigenvalue weighted by molar-refractivity contribution is -0.131. The Bertz CT molecular complexity index is 1090. The standard InChI is InChI=1S/C25H22N2O4/c1-18(28)31-23-15-9-8-14-21(23)16-22(27-24(29)20-12-6-3-7-13-20)25(30)26-17-19-10-4-2-5-11-19/h2-16H,17H2,1H3,(H,26,30)(H,27,29)/b22-16+. The van der Waals surface area contributed by atoms with Crippen molar-refractivity contribution in [3.8, 4) is 5.75 Å². The summed E-state index contributed by atoms with van der Waals surface area (Å²) in [5.41, 5.74) is 1.85. The zero-order valence-corrected chi connectivity index (χ0v) is 17.0. The molecule has 2 amide bonds. The van der Waals surface area contributed by atoms with E-state index in [1.54, 1.807) is 54.6 Å². The van der Waals surface area contributed by atoms with E-state index in [0.29, 0.717) is 17.7 Å². The highest BCUT2D eigenvalue weighted by Gasteiger charge is 2.16. The predicted octanol–water partition coefficient (Wildman–Crippen LogP) is 3.70. The Morgan fingerprint density at radius 3 is 2.13 bits per heavy atom. The van der Waals surface area contributed by atoms with Gasteiger partial charge in [0, 0.05) is 24.6 Å². The first-order valence-electron chi connectivity index (χ1n) is 9.70. The Hall–Kier alpha value is -4.19. The summed E-state index contributed by atoms with van der Waals surface area (Å²) in [7, 11) is 0. The lowest BCUT2D eigenvalue weighted by Gasteiger charge is -2.12. The first-order chi connectivity index (χ1) is 15.0. The van der Waals surface area contributed by atoms with Gasteiger partial charge in [-0.05, 0) is 29.8 Å². The van der Waals surface area contributed by atoms with Crippen LogP contribution >= 0.6 is 0 Å². The van der Waals surface area contributed by atoms with Crippen LogP contribution in [0.25, 0.3) is 6.08 Å². The van der Waals surface area contributed by atoms with Crippen molar-refractivity contribution in [3.05, 3.63) is 107 Å². The van der Waals surface area contributed by atoms with Crippen LogP contribution in [0.15, 0.2) is 90.6 Å². The van der Waals surface area contributed by atoms with E-state index in [-0.39, 0.29) is 11.4 Å². The molecule has 3 rings (SSSR count). The van der Waals surface area contributed by atoms with E-state index in [1.807, 2.05) is 30.3 Å². The van der Waals surface area contributed by atoms with Gasteiger partial charge in [-0.3, -0.25) is 14.4 Å². The molecule has 2 N–H and O–H groups in total. The van der Waals surface area contributed by atoms with Crippen molar-refractivity contribution in [1.29, 1.82) is 0 Å². The number of carbonyl (C=O) groups is 3. The molecule has 0 bridgehead atoms. The molecule has 0 spiro atoms. The van der Waals surface area contributed by atoms with Crippen LogP contribution in [-0.2, 0) is 16.1 Å². The second-order valence-electron chi connectivity index (χ2n) is 6.68. The maximum atomic E-state index is 12.9. The summed E-state index contributed by atoms with van der Waals surface area (Å²) >= 11 is 0. The monoisotopic (exact) mass is 414 g/mol. The molecule has 0 radical (unpaired) electrons. The van der Waals surface area contributed by atoms with E-state index in [0.717, 1.165) is 5.56 Å². The predicted molar refractivity (Wildman–Crippen MR) is 118 cm³/mol. The summed E-state index contributed by atoms with van der Waals surface area (Å²) in [5.74, 6) is -1.08. The Labute approximate surface area is 180 Å². The molecule has 0 unspecified atom stereocenters. The highest BCUT2D eigenvalue weighted by Crippen LogP contribution is 2.21. The number of hydrogen-bond donors (Lipinski definition) is 2. The molecule has 0 aliphatic heterocycles. The van der Waals surface area contributed by atoms with Gasteiger partial charge in [0.05, 0.1) is 0 Å². The number of esters is 1. The molecule has 6 heteroatoms. The topological polar surface area (TPSA) is 84.5 Å². The Kier molecular flexibility index (Phi) is 7.32. The van der Waals surface area contributed by atoms with E-state index in [4.69, 9.17) is 4.74 Å². The number of benzene rings is 3. The third kappa shape index (κ3) is 6.40. The number of rotatable bonds is 7. The lowest BCUT2D eigenvalue weighted by Crippen LogP contribution is -2.34. The minimum atomic E-state index is -0.482. The third-order valence-electron chi connectivity index (χ3n) is 4.30. The summed E-state index contributed by atoms with van der Waals surface area (Å²) in [4.78, 5) is 37.0. The molecule has 0 saturated heterocycles. The summed E-state index contributed by atoms with van der Waals surface area (Å²) in [6, 6.07) is 24.8. The van der Waals surface area contributed by atoms with E-state index in [2.05, 4.69) is 10.6 Å². The quantitative estimate of drug-likeness (QED) is 0.351. The molecule has 0 saturated carbocycles. The lowest BCUT2D eigenvalue weighted by atomic mass is 10.1. The average Bonchev–Trinajstić information content (AvgIpc) is 2.79. The first kappa shape index (κ1) is 21.5. The van der Waals surface area contributed by atoms with Crippen LogP contribution < -0.4 is 15.4 Å². The van der Waals surface area contributed by atoms with Crippen LogP contribution in [0.3, 0.4) is 0 Å². The van der Waals surface area contributed by atoms with E-state index >= 15 is 0 Å². The van der Waals surface area contributed by atoms with Crippen molar-refractivity contribution in [2.45, 2.75) is 13.5 Å². The number of para-hydroxylation sites is 1. The molecule has 3 aromatic rings. The molecular weight excluding hydrogens is 392 g/mol. The largest absolute Gasteiger partial charge is 0.426 e. The van der Waals surface area contributed by atoms with Crippen LogP contribution in [0.1, 0.15) is 28.4 Å². The molecule has 0 aromatic heterocycles. The number of nitrogens with one attached hydrogen (secondary N) is 2. The number of amides is 2. The Morgan fingerprint density at radius 2 is 1.45 bits per heavy atom. The normalized spacial score (nSPS) is 10.8. The first-order valence-corrected chi connectivity index (χ1v) is 9.70. The van der Waals surface area contributed by atoms with Gasteiger partial charge in [0.1, 0.15) is 11.4 Å². The minimum absolute atomic E-state index is 0.0318. The zero-order chi connectivity index (χ0) is 22.1. The number of hydrogen-bond acceptors (Lipinski definition) is 4. The molecular formula is C25H22N2O4. The zero-order valence-electron chi connectivity index (χ0n) is 17.0. The summed E-state index contributed by atoms with van der Waals surface area (Å²) in [6.07, 6.45) is 1.49. The molecule has 0 heterocycles. The highest BCUT2D eigenvalue weighted by atomic mass is 16.5. The van der Waals surface area contributed by atoms with Gasteiger partial charge in [0.15, 0.2) is 0 Å². The molecule has 3 aromatic carbocycles. The molecule has 156 valence electrons. The van der Waals surface area contributed by atoms with Crippen molar-refractivity contribution in [1.82, 2.24) is 10.6 Å². The Morgan fingerprint density at radius 1 is 0.839 bits per heavy atom. The van der Waals surface area contributed by atoms with E-state index in [9.17, 15) is 14.4 Å². The van der Waals surface area contributed by atoms with Crippen molar-refractivity contribution >= 4 is 23.9 Å². The number of carbonyl (C=O) groups excluding carboxylic acids is 3. The van der Waals surface area contributed by atoms with Crippen molar-refractivity contribution in [3.63, 3.8) is 0 Å². The van der Waals surface area contributed by atoms with Crippen LogP contribution in [-0.4, -0.2) is 17.8 Å². The van der Waals surface area contributed by atoms with Gasteiger partial charge in [-0.15, -0.1) is 0 Å². The van der Waals surface area contributed by atoms with Crippen LogP contribution in [0.5, 0.6) is 5.75 Å². The summed E-state index contributed by atoms with van der Waals surface area (Å²) in [6.45, 7) is 1.59. The van der Waals surface area contributed by atoms with Gasteiger partial charge in [0.25, 0.3) is 11.8 Å². The van der Waals surface area contributed by atoms with Gasteiger partial charge in [-0.2, -0.15) is 0 Å². The fourth-order valence-corrected chi connectivity index (χ4v) is 2.82. The molecule has 0 atom stereocenters. The maximum Gasteiger partial charge on any atom is 0.308 e. The van der Waals surface area contributed by atoms with Gasteiger partial charge in [-0.25, -0.2) is 0 Å². The van der Waals surface area contributed by atoms with Crippen molar-refractivity contribution in [2.24, 2.45) is 0 Å². The minimum Gasteiger partial charge on any atom is -0.426 e. The van der Waals surface area contributed by atoms with Gasteiger partial charge < -0.3 is 15.4 Å². The SMILES string of the molecule is CC(=O)Oc1ccccc1/C=C(/NC(=O)c1ccccc1)C(=O)NCc1ccccc1.